The van der Waals surface area contributed by atoms with Gasteiger partial charge in [-0.3, -0.25) is 9.59 Å². The van der Waals surface area contributed by atoms with Crippen molar-refractivity contribution in [1.29, 1.82) is 0 Å². The highest BCUT2D eigenvalue weighted by Crippen LogP contribution is 2.38. The van der Waals surface area contributed by atoms with Crippen molar-refractivity contribution in [3.8, 4) is 0 Å². The van der Waals surface area contributed by atoms with Crippen molar-refractivity contribution in [2.24, 2.45) is 0 Å². The summed E-state index contributed by atoms with van der Waals surface area (Å²) in [6.07, 6.45) is 3.40. The average molecular weight is 289 g/mol. The summed E-state index contributed by atoms with van der Waals surface area (Å²) in [5, 5.41) is 0. The standard InChI is InChI=1S/C14H9BrO2/c15-8-5-6-11-12(7-8)9-3-1-2-4-10(9)13(16)14(11)17/h1-4,7H,5-6H2. The van der Waals surface area contributed by atoms with Gasteiger partial charge in [-0.15, -0.1) is 0 Å². The molecule has 0 heterocycles. The van der Waals surface area contributed by atoms with E-state index in [0.717, 1.165) is 22.0 Å². The van der Waals surface area contributed by atoms with Crippen molar-refractivity contribution in [2.45, 2.75) is 12.8 Å². The second-order valence-corrected chi connectivity index (χ2v) is 5.21. The predicted octanol–water partition coefficient (Wildman–Crippen LogP) is 3.28. The summed E-state index contributed by atoms with van der Waals surface area (Å²) in [5.74, 6) is -0.708. The van der Waals surface area contributed by atoms with Crippen LogP contribution in [-0.2, 0) is 4.79 Å². The van der Waals surface area contributed by atoms with Gasteiger partial charge in [0.2, 0.25) is 11.6 Å². The quantitative estimate of drug-likeness (QED) is 0.687. The van der Waals surface area contributed by atoms with Crippen molar-refractivity contribution in [2.75, 3.05) is 0 Å². The van der Waals surface area contributed by atoms with Gasteiger partial charge in [-0.1, -0.05) is 40.2 Å². The molecular weight excluding hydrogens is 280 g/mol. The number of hydrogen-bond donors (Lipinski definition) is 0. The Hall–Kier alpha value is -1.48. The molecule has 0 fully saturated rings. The maximum atomic E-state index is 12.0. The largest absolute Gasteiger partial charge is 0.285 e. The molecule has 0 atom stereocenters. The number of carbonyl (C=O) groups excluding carboxylic acids is 2. The number of allylic oxidation sites excluding steroid dienone is 4. The first-order chi connectivity index (χ1) is 8.18. The SMILES string of the molecule is O=C1C(=O)c2ccccc2C2=C1CCC(Br)=C2. The molecule has 0 unspecified atom stereocenters. The molecule has 0 saturated heterocycles. The second-order valence-electron chi connectivity index (χ2n) is 4.19. The number of rotatable bonds is 0. The van der Waals surface area contributed by atoms with Crippen LogP contribution in [-0.4, -0.2) is 11.6 Å². The fraction of sp³-hybridized carbons (Fsp3) is 0.143. The normalized spacial score (nSPS) is 18.8. The van der Waals surface area contributed by atoms with Gasteiger partial charge in [0.05, 0.1) is 0 Å². The number of benzene rings is 1. The minimum Gasteiger partial charge on any atom is -0.285 e. The first-order valence-corrected chi connectivity index (χ1v) is 6.25. The highest BCUT2D eigenvalue weighted by molar-refractivity contribution is 9.11. The lowest BCUT2D eigenvalue weighted by Crippen LogP contribution is -2.24. The molecule has 17 heavy (non-hydrogen) atoms. The molecule has 0 N–H and O–H groups in total. The van der Waals surface area contributed by atoms with Crippen LogP contribution >= 0.6 is 15.9 Å². The molecule has 3 heteroatoms. The molecule has 2 aliphatic carbocycles. The molecule has 0 aromatic heterocycles. The molecule has 0 amide bonds. The molecule has 0 saturated carbocycles. The lowest BCUT2D eigenvalue weighted by Gasteiger charge is -2.23. The van der Waals surface area contributed by atoms with Gasteiger partial charge in [-0.05, 0) is 34.5 Å². The molecule has 2 nitrogen and oxygen atoms in total. The molecule has 3 rings (SSSR count). The zero-order chi connectivity index (χ0) is 12.0. The predicted molar refractivity (Wildman–Crippen MR) is 68.9 cm³/mol. The Balaban J connectivity index is 2.32. The molecular formula is C14H9BrO2. The number of carbonyl (C=O) groups is 2. The van der Waals surface area contributed by atoms with Crippen LogP contribution < -0.4 is 0 Å². The summed E-state index contributed by atoms with van der Waals surface area (Å²) >= 11 is 3.47. The third kappa shape index (κ3) is 1.53. The van der Waals surface area contributed by atoms with Crippen molar-refractivity contribution in [1.82, 2.24) is 0 Å². The number of hydrogen-bond acceptors (Lipinski definition) is 2. The summed E-state index contributed by atoms with van der Waals surface area (Å²) < 4.78 is 1.08. The van der Waals surface area contributed by atoms with Crippen LogP contribution in [0.3, 0.4) is 0 Å². The van der Waals surface area contributed by atoms with Crippen molar-refractivity contribution in [3.05, 3.63) is 51.5 Å². The van der Waals surface area contributed by atoms with Crippen molar-refractivity contribution < 1.29 is 9.59 Å². The Morgan fingerprint density at radius 2 is 1.65 bits per heavy atom. The highest BCUT2D eigenvalue weighted by Gasteiger charge is 2.32. The van der Waals surface area contributed by atoms with E-state index >= 15 is 0 Å². The van der Waals surface area contributed by atoms with Crippen LogP contribution in [0.4, 0.5) is 0 Å². The summed E-state index contributed by atoms with van der Waals surface area (Å²) in [6.45, 7) is 0. The second kappa shape index (κ2) is 3.77. The van der Waals surface area contributed by atoms with Crippen molar-refractivity contribution >= 4 is 33.1 Å². The zero-order valence-electron chi connectivity index (χ0n) is 9.00. The minimum atomic E-state index is -0.370. The Bertz CT molecular complexity index is 608. The van der Waals surface area contributed by atoms with Gasteiger partial charge in [-0.25, -0.2) is 0 Å². The number of ketones is 2. The smallest absolute Gasteiger partial charge is 0.233 e. The lowest BCUT2D eigenvalue weighted by atomic mass is 9.80. The lowest BCUT2D eigenvalue weighted by molar-refractivity contribution is -0.112. The van der Waals surface area contributed by atoms with Crippen LogP contribution in [0, 0.1) is 0 Å². The Kier molecular flexibility index (Phi) is 2.37. The van der Waals surface area contributed by atoms with E-state index in [0.29, 0.717) is 17.6 Å². The molecule has 0 aliphatic heterocycles. The molecule has 0 bridgehead atoms. The first-order valence-electron chi connectivity index (χ1n) is 5.46. The third-order valence-corrected chi connectivity index (χ3v) is 3.81. The van der Waals surface area contributed by atoms with E-state index < -0.39 is 0 Å². The van der Waals surface area contributed by atoms with Gasteiger partial charge in [-0.2, -0.15) is 0 Å². The van der Waals surface area contributed by atoms with Gasteiger partial charge in [0.15, 0.2) is 0 Å². The van der Waals surface area contributed by atoms with Crippen LogP contribution in [0.2, 0.25) is 0 Å². The highest BCUT2D eigenvalue weighted by atomic mass is 79.9. The fourth-order valence-electron chi connectivity index (χ4n) is 2.35. The number of Topliss-reactive ketones (excluding diaryl/α,β-unsaturated/α-hetero) is 2. The van der Waals surface area contributed by atoms with E-state index in [9.17, 15) is 9.59 Å². The van der Waals surface area contributed by atoms with Crippen LogP contribution in [0.15, 0.2) is 40.4 Å². The van der Waals surface area contributed by atoms with E-state index in [1.807, 2.05) is 18.2 Å². The summed E-state index contributed by atoms with van der Waals surface area (Å²) in [5.41, 5.74) is 2.97. The Morgan fingerprint density at radius 3 is 2.41 bits per heavy atom. The molecule has 2 aliphatic rings. The number of fused-ring (bicyclic) bond motifs is 2. The van der Waals surface area contributed by atoms with Gasteiger partial charge >= 0.3 is 0 Å². The summed E-state index contributed by atoms with van der Waals surface area (Å²) in [7, 11) is 0. The molecule has 0 radical (unpaired) electrons. The minimum absolute atomic E-state index is 0.338. The molecule has 1 aromatic carbocycles. The van der Waals surface area contributed by atoms with E-state index in [2.05, 4.69) is 15.9 Å². The van der Waals surface area contributed by atoms with Gasteiger partial charge in [0.1, 0.15) is 0 Å². The molecule has 1 aromatic rings. The van der Waals surface area contributed by atoms with Gasteiger partial charge in [0, 0.05) is 11.1 Å². The molecule has 0 spiro atoms. The molecule has 84 valence electrons. The monoisotopic (exact) mass is 288 g/mol. The Morgan fingerprint density at radius 1 is 0.941 bits per heavy atom. The van der Waals surface area contributed by atoms with Crippen molar-refractivity contribution in [3.63, 3.8) is 0 Å². The maximum Gasteiger partial charge on any atom is 0.233 e. The van der Waals surface area contributed by atoms with Gasteiger partial charge in [0.25, 0.3) is 0 Å². The zero-order valence-corrected chi connectivity index (χ0v) is 10.6. The van der Waals surface area contributed by atoms with Gasteiger partial charge < -0.3 is 0 Å². The summed E-state index contributed by atoms with van der Waals surface area (Å²) in [6, 6.07) is 7.30. The summed E-state index contributed by atoms with van der Waals surface area (Å²) in [4.78, 5) is 23.9. The van der Waals surface area contributed by atoms with Crippen LogP contribution in [0.25, 0.3) is 5.57 Å². The van der Waals surface area contributed by atoms with E-state index in [-0.39, 0.29) is 11.6 Å². The fourth-order valence-corrected chi connectivity index (χ4v) is 2.77. The maximum absolute atomic E-state index is 12.0. The van der Waals surface area contributed by atoms with E-state index in [1.165, 1.54) is 0 Å². The van der Waals surface area contributed by atoms with Crippen LogP contribution in [0.1, 0.15) is 28.8 Å². The van der Waals surface area contributed by atoms with E-state index in [1.54, 1.807) is 12.1 Å². The topological polar surface area (TPSA) is 34.1 Å². The Labute approximate surface area is 107 Å². The van der Waals surface area contributed by atoms with Crippen LogP contribution in [0.5, 0.6) is 0 Å². The number of halogens is 1. The third-order valence-electron chi connectivity index (χ3n) is 3.18. The average Bonchev–Trinajstić information content (AvgIpc) is 2.36. The van der Waals surface area contributed by atoms with E-state index in [4.69, 9.17) is 0 Å². The first kappa shape index (κ1) is 10.7.